The molecule has 1 saturated carbocycles. The number of hydrogen-bond acceptors (Lipinski definition) is 6. The molecule has 0 unspecified atom stereocenters. The minimum absolute atomic E-state index is 0.0178. The van der Waals surface area contributed by atoms with E-state index in [1.807, 2.05) is 0 Å². The van der Waals surface area contributed by atoms with Crippen molar-refractivity contribution in [3.63, 3.8) is 0 Å². The molecule has 3 aliphatic heterocycles. The highest BCUT2D eigenvalue weighted by Crippen LogP contribution is 2.65. The average Bonchev–Trinajstić information content (AvgIpc) is 3.47. The summed E-state index contributed by atoms with van der Waals surface area (Å²) in [5.74, 6) is -21.1. The fraction of sp³-hybridized carbons (Fsp3) is 0.243. The molecule has 0 spiro atoms. The number of rotatable bonds is 4. The second-order valence-electron chi connectivity index (χ2n) is 13.3. The molecule has 4 amide bonds. The van der Waals surface area contributed by atoms with Gasteiger partial charge in [-0.15, -0.1) is 23.2 Å². The molecule has 266 valence electrons. The van der Waals surface area contributed by atoms with Gasteiger partial charge in [-0.25, -0.2) is 26.9 Å². The highest BCUT2D eigenvalue weighted by atomic mass is 35.5. The normalized spacial score (nSPS) is 29.2. The largest absolute Gasteiger partial charge is 0.508 e. The van der Waals surface area contributed by atoms with Gasteiger partial charge in [0.2, 0.25) is 17.6 Å². The first kappa shape index (κ1) is 34.1. The number of amides is 4. The number of hydrogen-bond donors (Lipinski definition) is 1. The lowest BCUT2D eigenvalue weighted by Crippen LogP contribution is -2.61. The SMILES string of the molecule is C=Cc1ccc(N2C(=O)[C@H]3[C@H](CC=C4[C@H](C5=COc6ccc(O)cc6C5)[C@]5(Cl)C(=O)N(c6c(F)c(F)c(F)c(F)c6F)C(=O)[C@]5(Cl)C[C@H]43)C2=O)cc1. The molecular formula is C37H23Cl2F5N2O6. The van der Waals surface area contributed by atoms with Crippen LogP contribution >= 0.6 is 23.2 Å². The van der Waals surface area contributed by atoms with Crippen molar-refractivity contribution in [2.45, 2.75) is 29.0 Å². The Morgan fingerprint density at radius 1 is 0.846 bits per heavy atom. The number of alkyl halides is 2. The Hall–Kier alpha value is -5.01. The monoisotopic (exact) mass is 756 g/mol. The predicted molar refractivity (Wildman–Crippen MR) is 177 cm³/mol. The summed E-state index contributed by atoms with van der Waals surface area (Å²) in [6.07, 6.45) is 3.68. The topological polar surface area (TPSA) is 104 Å². The molecule has 3 aromatic rings. The predicted octanol–water partition coefficient (Wildman–Crippen LogP) is 6.85. The standard InChI is InChI=1S/C37H23Cl2F5N2O6/c1-2-15-3-5-18(6-4-15)45-32(48)21-9-8-20-22(24(21)33(45)49)13-36(38)34(50)46(31-29(43)27(41)26(40)28(42)30(31)44)35(51)37(36,39)25(20)17-11-16-12-19(47)7-10-23(16)52-14-17/h2-8,10,12,14,21-22,24-25,47H,1,9,11,13H2/t21-,22+,24-,25-,36+,37-/m0/s1. The number of carbonyl (C=O) groups is 4. The lowest BCUT2D eigenvalue weighted by molar-refractivity contribution is -0.125. The number of anilines is 2. The van der Waals surface area contributed by atoms with E-state index in [1.165, 1.54) is 24.5 Å². The third-order valence-electron chi connectivity index (χ3n) is 10.8. The number of carbonyl (C=O) groups excluding carboxylic acids is 4. The highest BCUT2D eigenvalue weighted by Gasteiger charge is 2.77. The van der Waals surface area contributed by atoms with Crippen LogP contribution in [0.2, 0.25) is 0 Å². The molecule has 2 saturated heterocycles. The summed E-state index contributed by atoms with van der Waals surface area (Å²) in [7, 11) is 0. The van der Waals surface area contributed by atoms with Gasteiger partial charge in [0.1, 0.15) is 17.2 Å². The first-order valence-corrected chi connectivity index (χ1v) is 16.7. The molecule has 15 heteroatoms. The van der Waals surface area contributed by atoms with Crippen LogP contribution in [0, 0.1) is 52.8 Å². The van der Waals surface area contributed by atoms with Gasteiger partial charge in [-0.05, 0) is 60.2 Å². The van der Waals surface area contributed by atoms with Crippen molar-refractivity contribution in [2.75, 3.05) is 9.80 Å². The van der Waals surface area contributed by atoms with Crippen molar-refractivity contribution in [3.8, 4) is 11.5 Å². The Kier molecular flexibility index (Phi) is 7.54. The quantitative estimate of drug-likeness (QED) is 0.0781. The summed E-state index contributed by atoms with van der Waals surface area (Å²) in [6, 6.07) is 10.7. The molecular weight excluding hydrogens is 734 g/mol. The number of ether oxygens (including phenoxy) is 1. The van der Waals surface area contributed by atoms with Gasteiger partial charge in [0.25, 0.3) is 11.8 Å². The fourth-order valence-electron chi connectivity index (χ4n) is 8.39. The van der Waals surface area contributed by atoms with Gasteiger partial charge in [0.05, 0.1) is 23.8 Å². The van der Waals surface area contributed by atoms with Crippen molar-refractivity contribution < 1.29 is 51.0 Å². The molecule has 0 bridgehead atoms. The smallest absolute Gasteiger partial charge is 0.258 e. The van der Waals surface area contributed by atoms with Gasteiger partial charge in [-0.3, -0.25) is 24.1 Å². The number of allylic oxidation sites excluding steroid dienone is 3. The van der Waals surface area contributed by atoms with E-state index >= 15 is 8.78 Å². The molecule has 0 aromatic heterocycles. The third-order valence-corrected chi connectivity index (χ3v) is 12.2. The minimum Gasteiger partial charge on any atom is -0.508 e. The number of imide groups is 2. The van der Waals surface area contributed by atoms with E-state index in [2.05, 4.69) is 6.58 Å². The Morgan fingerprint density at radius 3 is 2.15 bits per heavy atom. The Morgan fingerprint density at radius 2 is 1.50 bits per heavy atom. The maximum Gasteiger partial charge on any atom is 0.258 e. The Labute approximate surface area is 301 Å². The van der Waals surface area contributed by atoms with Crippen LogP contribution in [0.15, 0.2) is 72.5 Å². The zero-order chi connectivity index (χ0) is 37.2. The van der Waals surface area contributed by atoms with E-state index in [0.29, 0.717) is 11.3 Å². The van der Waals surface area contributed by atoms with E-state index in [9.17, 15) is 37.5 Å². The van der Waals surface area contributed by atoms with Crippen LogP contribution in [0.4, 0.5) is 33.3 Å². The highest BCUT2D eigenvalue weighted by molar-refractivity contribution is 6.58. The zero-order valence-corrected chi connectivity index (χ0v) is 28.0. The summed E-state index contributed by atoms with van der Waals surface area (Å²) in [6.45, 7) is 3.70. The van der Waals surface area contributed by atoms with Crippen molar-refractivity contribution in [2.24, 2.45) is 23.7 Å². The first-order valence-electron chi connectivity index (χ1n) is 15.9. The lowest BCUT2D eigenvalue weighted by Gasteiger charge is -2.51. The third kappa shape index (κ3) is 4.32. The van der Waals surface area contributed by atoms with Gasteiger partial charge in [0.15, 0.2) is 33.0 Å². The second-order valence-corrected chi connectivity index (χ2v) is 14.5. The first-order chi connectivity index (χ1) is 24.6. The zero-order valence-electron chi connectivity index (χ0n) is 26.4. The Balaban J connectivity index is 1.30. The van der Waals surface area contributed by atoms with E-state index < -0.39 is 98.2 Å². The van der Waals surface area contributed by atoms with Crippen LogP contribution < -0.4 is 14.5 Å². The number of benzene rings is 3. The van der Waals surface area contributed by atoms with Gasteiger partial charge in [-0.2, -0.15) is 0 Å². The summed E-state index contributed by atoms with van der Waals surface area (Å²) in [4.78, 5) is 52.4. The lowest BCUT2D eigenvalue weighted by atomic mass is 9.56. The molecule has 8 rings (SSSR count). The molecule has 6 atom stereocenters. The molecule has 0 radical (unpaired) electrons. The molecule has 3 aromatic carbocycles. The van der Waals surface area contributed by atoms with Crippen molar-refractivity contribution >= 4 is 64.3 Å². The fourth-order valence-corrected chi connectivity index (χ4v) is 9.34. The van der Waals surface area contributed by atoms with Crippen LogP contribution in [0.25, 0.3) is 6.08 Å². The van der Waals surface area contributed by atoms with E-state index in [1.54, 1.807) is 36.4 Å². The second kappa shape index (κ2) is 11.5. The molecule has 5 aliphatic rings. The van der Waals surface area contributed by atoms with Gasteiger partial charge in [0, 0.05) is 17.9 Å². The summed E-state index contributed by atoms with van der Waals surface area (Å²) < 4.78 is 79.5. The van der Waals surface area contributed by atoms with Crippen LogP contribution in [-0.2, 0) is 25.6 Å². The number of nitrogens with zero attached hydrogens (tertiary/aromatic N) is 2. The van der Waals surface area contributed by atoms with Crippen LogP contribution in [0.1, 0.15) is 24.0 Å². The van der Waals surface area contributed by atoms with Crippen molar-refractivity contribution in [3.05, 3.63) is 113 Å². The number of phenolic OH excluding ortho intramolecular Hbond substituents is 1. The number of fused-ring (bicyclic) bond motifs is 5. The molecule has 3 fully saturated rings. The van der Waals surface area contributed by atoms with E-state index in [0.717, 1.165) is 10.5 Å². The molecule has 3 heterocycles. The van der Waals surface area contributed by atoms with E-state index in [-0.39, 0.29) is 40.3 Å². The van der Waals surface area contributed by atoms with Gasteiger partial charge >= 0.3 is 0 Å². The number of phenols is 1. The molecule has 8 nitrogen and oxygen atoms in total. The number of aromatic hydroxyl groups is 1. The maximum atomic E-state index is 15.3. The summed E-state index contributed by atoms with van der Waals surface area (Å²) in [5, 5.41) is 10.2. The van der Waals surface area contributed by atoms with Crippen LogP contribution in [0.3, 0.4) is 0 Å². The van der Waals surface area contributed by atoms with Crippen molar-refractivity contribution in [1.82, 2.24) is 0 Å². The van der Waals surface area contributed by atoms with Crippen molar-refractivity contribution in [1.29, 1.82) is 0 Å². The molecule has 2 aliphatic carbocycles. The molecule has 1 N–H and O–H groups in total. The van der Waals surface area contributed by atoms with E-state index in [4.69, 9.17) is 27.9 Å². The minimum atomic E-state index is -2.68. The Bertz CT molecular complexity index is 2230. The maximum absolute atomic E-state index is 15.3. The molecule has 52 heavy (non-hydrogen) atoms. The van der Waals surface area contributed by atoms with Crippen LogP contribution in [0.5, 0.6) is 11.5 Å². The average molecular weight is 757 g/mol. The van der Waals surface area contributed by atoms with Gasteiger partial charge in [-0.1, -0.05) is 36.4 Å². The summed E-state index contributed by atoms with van der Waals surface area (Å²) in [5.41, 5.74) is 0.00455. The summed E-state index contributed by atoms with van der Waals surface area (Å²) >= 11 is 14.4. The van der Waals surface area contributed by atoms with Gasteiger partial charge < -0.3 is 9.84 Å². The number of halogens is 7. The van der Waals surface area contributed by atoms with Crippen LogP contribution in [-0.4, -0.2) is 38.5 Å².